The maximum absolute atomic E-state index is 5.70. The number of pyridine rings is 1. The van der Waals surface area contributed by atoms with Crippen LogP contribution in [0.2, 0.25) is 0 Å². The zero-order chi connectivity index (χ0) is 14.1. The molecule has 0 N–H and O–H groups in total. The van der Waals surface area contributed by atoms with Crippen LogP contribution in [-0.2, 0) is 6.42 Å². The van der Waals surface area contributed by atoms with Crippen molar-refractivity contribution in [2.45, 2.75) is 46.1 Å². The Morgan fingerprint density at radius 1 is 1.25 bits per heavy atom. The van der Waals surface area contributed by atoms with Gasteiger partial charge in [0.05, 0.1) is 24.0 Å². The molecule has 1 aliphatic rings. The first-order valence-electron chi connectivity index (χ1n) is 7.12. The Morgan fingerprint density at radius 3 is 2.75 bits per heavy atom. The quantitative estimate of drug-likeness (QED) is 0.839. The lowest BCUT2D eigenvalue weighted by Gasteiger charge is -2.06. The summed E-state index contributed by atoms with van der Waals surface area (Å²) in [5.74, 6) is 0.681. The average molecular weight is 272 g/mol. The number of aryl methyl sites for hydroxylation is 2. The molecule has 0 bridgehead atoms. The minimum Gasteiger partial charge on any atom is -0.477 e. The molecule has 1 saturated carbocycles. The molecular weight excluding hydrogens is 252 g/mol. The van der Waals surface area contributed by atoms with Crippen molar-refractivity contribution in [3.63, 3.8) is 0 Å². The molecule has 1 aliphatic carbocycles. The van der Waals surface area contributed by atoms with E-state index in [1.54, 1.807) is 0 Å². The van der Waals surface area contributed by atoms with Crippen LogP contribution in [0.3, 0.4) is 0 Å². The molecule has 5 heteroatoms. The largest absolute Gasteiger partial charge is 0.477 e. The molecule has 0 amide bonds. The van der Waals surface area contributed by atoms with Gasteiger partial charge in [-0.05, 0) is 44.7 Å². The van der Waals surface area contributed by atoms with E-state index in [0.717, 1.165) is 12.1 Å². The van der Waals surface area contributed by atoms with E-state index in [0.29, 0.717) is 18.5 Å². The normalized spacial score (nSPS) is 14.6. The van der Waals surface area contributed by atoms with E-state index in [9.17, 15) is 0 Å². The summed E-state index contributed by atoms with van der Waals surface area (Å²) in [5, 5.41) is 8.48. The van der Waals surface area contributed by atoms with Crippen molar-refractivity contribution in [2.75, 3.05) is 6.61 Å². The maximum atomic E-state index is 5.70. The topological polar surface area (TPSA) is 52.8 Å². The summed E-state index contributed by atoms with van der Waals surface area (Å²) in [6, 6.07) is 2.56. The predicted octanol–water partition coefficient (Wildman–Crippen LogP) is 2.55. The highest BCUT2D eigenvalue weighted by Gasteiger charge is 2.27. The first-order valence-corrected chi connectivity index (χ1v) is 7.12. The second kappa shape index (κ2) is 5.23. The van der Waals surface area contributed by atoms with E-state index in [1.165, 1.54) is 29.7 Å². The molecule has 0 spiro atoms. The van der Waals surface area contributed by atoms with E-state index in [-0.39, 0.29) is 0 Å². The van der Waals surface area contributed by atoms with Crippen molar-refractivity contribution in [2.24, 2.45) is 0 Å². The Kier molecular flexibility index (Phi) is 3.42. The third-order valence-corrected chi connectivity index (χ3v) is 3.85. The Bertz CT molecular complexity index is 616. The summed E-state index contributed by atoms with van der Waals surface area (Å²) in [4.78, 5) is 4.27. The van der Waals surface area contributed by atoms with Crippen LogP contribution in [-0.4, -0.2) is 26.6 Å². The summed E-state index contributed by atoms with van der Waals surface area (Å²) < 4.78 is 7.74. The highest BCUT2D eigenvalue weighted by molar-refractivity contribution is 5.26. The van der Waals surface area contributed by atoms with Crippen molar-refractivity contribution in [3.05, 3.63) is 34.8 Å². The lowest BCUT2D eigenvalue weighted by Crippen LogP contribution is -2.05. The Hall–Kier alpha value is -1.91. The molecule has 2 aromatic rings. The lowest BCUT2D eigenvalue weighted by atomic mass is 10.2. The molecule has 0 aliphatic heterocycles. The average Bonchev–Trinajstić information content (AvgIpc) is 3.20. The van der Waals surface area contributed by atoms with Gasteiger partial charge in [-0.25, -0.2) is 9.67 Å². The Balaban J connectivity index is 1.58. The lowest BCUT2D eigenvalue weighted by molar-refractivity contribution is 0.307. The van der Waals surface area contributed by atoms with E-state index in [1.807, 2.05) is 23.9 Å². The van der Waals surface area contributed by atoms with E-state index in [4.69, 9.17) is 4.74 Å². The highest BCUT2D eigenvalue weighted by Crippen LogP contribution is 2.35. The number of hydrogen-bond acceptors (Lipinski definition) is 4. The molecule has 0 atom stereocenters. The van der Waals surface area contributed by atoms with E-state index in [2.05, 4.69) is 29.1 Å². The minimum absolute atomic E-state index is 0.582. The molecule has 106 valence electrons. The molecule has 2 heterocycles. The predicted molar refractivity (Wildman–Crippen MR) is 75.9 cm³/mol. The number of ether oxygens (including phenoxy) is 1. The molecule has 1 fully saturated rings. The van der Waals surface area contributed by atoms with Crippen LogP contribution in [0, 0.1) is 20.8 Å². The van der Waals surface area contributed by atoms with Crippen LogP contribution < -0.4 is 4.74 Å². The van der Waals surface area contributed by atoms with Gasteiger partial charge in [-0.1, -0.05) is 5.21 Å². The second-order valence-electron chi connectivity index (χ2n) is 5.50. The van der Waals surface area contributed by atoms with E-state index >= 15 is 0 Å². The zero-order valence-electron chi connectivity index (χ0n) is 12.3. The van der Waals surface area contributed by atoms with Crippen LogP contribution >= 0.6 is 0 Å². The van der Waals surface area contributed by atoms with Gasteiger partial charge in [0, 0.05) is 18.7 Å². The molecule has 3 rings (SSSR count). The third-order valence-electron chi connectivity index (χ3n) is 3.85. The van der Waals surface area contributed by atoms with Gasteiger partial charge in [-0.15, -0.1) is 5.10 Å². The number of rotatable bonds is 5. The monoisotopic (exact) mass is 272 g/mol. The summed E-state index contributed by atoms with van der Waals surface area (Å²) >= 11 is 0. The van der Waals surface area contributed by atoms with Crippen LogP contribution in [0.15, 0.2) is 12.3 Å². The first kappa shape index (κ1) is 13.1. The smallest absolute Gasteiger partial charge is 0.213 e. The molecule has 2 aromatic heterocycles. The Labute approximate surface area is 119 Å². The summed E-state index contributed by atoms with van der Waals surface area (Å²) in [5.41, 5.74) is 4.58. The van der Waals surface area contributed by atoms with Gasteiger partial charge in [-0.2, -0.15) is 0 Å². The second-order valence-corrected chi connectivity index (χ2v) is 5.50. The van der Waals surface area contributed by atoms with Gasteiger partial charge in [0.25, 0.3) is 0 Å². The molecule has 0 saturated heterocycles. The number of aromatic nitrogens is 4. The number of nitrogens with zero attached hydrogens (tertiary/aromatic N) is 4. The van der Waals surface area contributed by atoms with E-state index < -0.39 is 0 Å². The zero-order valence-corrected chi connectivity index (χ0v) is 12.3. The van der Waals surface area contributed by atoms with Crippen molar-refractivity contribution in [1.82, 2.24) is 20.0 Å². The van der Waals surface area contributed by atoms with Gasteiger partial charge >= 0.3 is 0 Å². The molecule has 0 unspecified atom stereocenters. The van der Waals surface area contributed by atoms with Crippen molar-refractivity contribution >= 4 is 0 Å². The first-order chi connectivity index (χ1) is 9.65. The summed E-state index contributed by atoms with van der Waals surface area (Å²) in [6.45, 7) is 6.78. The standard InChI is InChI=1S/C15H20N4O/c1-10-8-15(16-9-11(10)2)20-7-6-14-12(3)19(18-17-14)13-4-5-13/h8-9,13H,4-7H2,1-3H3. The van der Waals surface area contributed by atoms with Crippen LogP contribution in [0.25, 0.3) is 0 Å². The summed E-state index contributed by atoms with van der Waals surface area (Å²) in [6.07, 6.45) is 5.08. The van der Waals surface area contributed by atoms with Crippen LogP contribution in [0.5, 0.6) is 5.88 Å². The van der Waals surface area contributed by atoms with Crippen LogP contribution in [0.1, 0.15) is 41.4 Å². The van der Waals surface area contributed by atoms with Gasteiger partial charge in [-0.3, -0.25) is 0 Å². The van der Waals surface area contributed by atoms with Crippen molar-refractivity contribution < 1.29 is 4.74 Å². The molecule has 5 nitrogen and oxygen atoms in total. The van der Waals surface area contributed by atoms with Gasteiger partial charge in [0.1, 0.15) is 0 Å². The Morgan fingerprint density at radius 2 is 2.05 bits per heavy atom. The minimum atomic E-state index is 0.582. The molecule has 20 heavy (non-hydrogen) atoms. The fourth-order valence-electron chi connectivity index (χ4n) is 2.20. The summed E-state index contributed by atoms with van der Waals surface area (Å²) in [7, 11) is 0. The van der Waals surface area contributed by atoms with Crippen LogP contribution in [0.4, 0.5) is 0 Å². The highest BCUT2D eigenvalue weighted by atomic mass is 16.5. The fourth-order valence-corrected chi connectivity index (χ4v) is 2.20. The molecular formula is C15H20N4O. The van der Waals surface area contributed by atoms with Crippen molar-refractivity contribution in [3.8, 4) is 5.88 Å². The molecule has 0 aromatic carbocycles. The third kappa shape index (κ3) is 2.66. The van der Waals surface area contributed by atoms with Gasteiger partial charge < -0.3 is 4.74 Å². The maximum Gasteiger partial charge on any atom is 0.213 e. The fraction of sp³-hybridized carbons (Fsp3) is 0.533. The number of hydrogen-bond donors (Lipinski definition) is 0. The van der Waals surface area contributed by atoms with Crippen molar-refractivity contribution in [1.29, 1.82) is 0 Å². The molecule has 0 radical (unpaired) electrons. The van der Waals surface area contributed by atoms with Gasteiger partial charge in [0.2, 0.25) is 5.88 Å². The van der Waals surface area contributed by atoms with Gasteiger partial charge in [0.15, 0.2) is 0 Å². The SMILES string of the molecule is Cc1cnc(OCCc2nnn(C3CC3)c2C)cc1C.